The second kappa shape index (κ2) is 14.5. The minimum atomic E-state index is -3.98. The molecule has 0 fully saturated rings. The molecule has 0 radical (unpaired) electrons. The average molecular weight is 586 g/mol. The van der Waals surface area contributed by atoms with Gasteiger partial charge in [0, 0.05) is 25.6 Å². The first kappa shape index (κ1) is 31.4. The fourth-order valence-electron chi connectivity index (χ4n) is 4.29. The first-order valence-corrected chi connectivity index (χ1v) is 15.0. The smallest absolute Gasteiger partial charge is 0.244 e. The molecular weight excluding hydrogens is 549 g/mol. The molecule has 0 unspecified atom stereocenters. The largest absolute Gasteiger partial charge is 0.497 e. The van der Waals surface area contributed by atoms with Gasteiger partial charge in [0.2, 0.25) is 21.8 Å². The number of benzene rings is 3. The summed E-state index contributed by atoms with van der Waals surface area (Å²) in [5.41, 5.74) is 1.54. The van der Waals surface area contributed by atoms with Crippen LogP contribution < -0.4 is 19.1 Å². The number of nitrogens with one attached hydrogen (secondary N) is 1. The lowest BCUT2D eigenvalue weighted by atomic mass is 10.0. The molecule has 9 nitrogen and oxygen atoms in total. The van der Waals surface area contributed by atoms with Crippen LogP contribution in [0.2, 0.25) is 0 Å². The summed E-state index contributed by atoms with van der Waals surface area (Å²) < 4.78 is 51.2. The fraction of sp³-hybridized carbons (Fsp3) is 0.333. The van der Waals surface area contributed by atoms with E-state index in [1.165, 1.54) is 55.5 Å². The van der Waals surface area contributed by atoms with Gasteiger partial charge in [0.15, 0.2) is 0 Å². The molecule has 0 saturated heterocycles. The van der Waals surface area contributed by atoms with E-state index < -0.39 is 34.3 Å². The number of ether oxygens (including phenoxy) is 2. The molecule has 0 aliphatic heterocycles. The number of methoxy groups -OCH3 is 2. The van der Waals surface area contributed by atoms with Crippen molar-refractivity contribution in [1.82, 2.24) is 10.2 Å². The van der Waals surface area contributed by atoms with Gasteiger partial charge in [-0.15, -0.1) is 0 Å². The Hall–Kier alpha value is -4.12. The van der Waals surface area contributed by atoms with Crippen LogP contribution in [0.25, 0.3) is 0 Å². The summed E-state index contributed by atoms with van der Waals surface area (Å²) in [6.07, 6.45) is 1.87. The standard InChI is InChI=1S/C30H36FN3O6S/c1-5-17-32-30(36)27(18-22-9-7-6-8-10-22)33(20-23-11-13-24(31)14-12-23)29(35)21-34(41(4,37)38)26-16-15-25(39-2)19-28(26)40-3/h6-16,19,27H,5,17-18,20-21H2,1-4H3,(H,32,36)/t27-/m1/s1. The Labute approximate surface area is 240 Å². The number of hydrogen-bond acceptors (Lipinski definition) is 6. The minimum Gasteiger partial charge on any atom is -0.497 e. The third-order valence-corrected chi connectivity index (χ3v) is 7.55. The number of carbonyl (C=O) groups is 2. The van der Waals surface area contributed by atoms with Gasteiger partial charge in [0.25, 0.3) is 0 Å². The van der Waals surface area contributed by atoms with Gasteiger partial charge in [0.05, 0.1) is 26.2 Å². The van der Waals surface area contributed by atoms with Gasteiger partial charge >= 0.3 is 0 Å². The Morgan fingerprint density at radius 2 is 1.63 bits per heavy atom. The van der Waals surface area contributed by atoms with Gasteiger partial charge in [-0.3, -0.25) is 13.9 Å². The molecule has 0 spiro atoms. The zero-order chi connectivity index (χ0) is 30.0. The van der Waals surface area contributed by atoms with Crippen LogP contribution in [0.1, 0.15) is 24.5 Å². The van der Waals surface area contributed by atoms with Crippen LogP contribution in [0, 0.1) is 5.82 Å². The SMILES string of the molecule is CCCNC(=O)[C@@H](Cc1ccccc1)N(Cc1ccc(F)cc1)C(=O)CN(c1ccc(OC)cc1OC)S(C)(=O)=O. The number of halogens is 1. The van der Waals surface area contributed by atoms with E-state index in [2.05, 4.69) is 5.32 Å². The summed E-state index contributed by atoms with van der Waals surface area (Å²) >= 11 is 0. The van der Waals surface area contributed by atoms with Gasteiger partial charge in [-0.05, 0) is 41.8 Å². The third kappa shape index (κ3) is 8.68. The van der Waals surface area contributed by atoms with Crippen LogP contribution in [0.3, 0.4) is 0 Å². The molecule has 3 rings (SSSR count). The molecule has 0 saturated carbocycles. The molecule has 0 heterocycles. The van der Waals surface area contributed by atoms with E-state index in [-0.39, 0.29) is 30.3 Å². The van der Waals surface area contributed by atoms with Crippen molar-refractivity contribution in [3.8, 4) is 11.5 Å². The maximum atomic E-state index is 14.1. The molecule has 0 bridgehead atoms. The minimum absolute atomic E-state index is 0.0481. The number of anilines is 1. The Kier molecular flexibility index (Phi) is 11.1. The van der Waals surface area contributed by atoms with E-state index in [9.17, 15) is 22.4 Å². The van der Waals surface area contributed by atoms with E-state index in [1.54, 1.807) is 6.07 Å². The molecular formula is C30H36FN3O6S. The van der Waals surface area contributed by atoms with Crippen molar-refractivity contribution in [2.75, 3.05) is 37.9 Å². The maximum Gasteiger partial charge on any atom is 0.244 e. The monoisotopic (exact) mass is 585 g/mol. The van der Waals surface area contributed by atoms with Crippen LogP contribution in [-0.2, 0) is 32.6 Å². The summed E-state index contributed by atoms with van der Waals surface area (Å²) in [5, 5.41) is 2.87. The van der Waals surface area contributed by atoms with Crippen molar-refractivity contribution in [2.24, 2.45) is 0 Å². The third-order valence-electron chi connectivity index (χ3n) is 6.42. The highest BCUT2D eigenvalue weighted by Gasteiger charge is 2.33. The summed E-state index contributed by atoms with van der Waals surface area (Å²) in [7, 11) is -1.13. The first-order chi connectivity index (χ1) is 19.6. The molecule has 3 aromatic rings. The maximum absolute atomic E-state index is 14.1. The molecule has 1 atom stereocenters. The van der Waals surface area contributed by atoms with Gasteiger partial charge in [-0.1, -0.05) is 49.4 Å². The van der Waals surface area contributed by atoms with Crippen molar-refractivity contribution in [2.45, 2.75) is 32.4 Å². The Morgan fingerprint density at radius 1 is 0.951 bits per heavy atom. The quantitative estimate of drug-likeness (QED) is 0.309. The molecule has 0 aliphatic carbocycles. The number of carbonyl (C=O) groups excluding carboxylic acids is 2. The van der Waals surface area contributed by atoms with Crippen molar-refractivity contribution < 1.29 is 31.9 Å². The lowest BCUT2D eigenvalue weighted by Gasteiger charge is -2.33. The van der Waals surface area contributed by atoms with E-state index in [0.717, 1.165) is 16.1 Å². The Balaban J connectivity index is 2.07. The lowest BCUT2D eigenvalue weighted by molar-refractivity contribution is -0.140. The molecule has 41 heavy (non-hydrogen) atoms. The van der Waals surface area contributed by atoms with Crippen LogP contribution >= 0.6 is 0 Å². The van der Waals surface area contributed by atoms with Crippen LogP contribution in [0.4, 0.5) is 10.1 Å². The molecule has 2 amide bonds. The fourth-order valence-corrected chi connectivity index (χ4v) is 5.15. The zero-order valence-electron chi connectivity index (χ0n) is 23.7. The lowest BCUT2D eigenvalue weighted by Crippen LogP contribution is -2.53. The van der Waals surface area contributed by atoms with Gasteiger partial charge in [-0.2, -0.15) is 0 Å². The first-order valence-electron chi connectivity index (χ1n) is 13.1. The molecule has 11 heteroatoms. The van der Waals surface area contributed by atoms with Crippen LogP contribution in [-0.4, -0.2) is 64.7 Å². The normalized spacial score (nSPS) is 11.8. The zero-order valence-corrected chi connectivity index (χ0v) is 24.5. The molecule has 1 N–H and O–H groups in total. The second-order valence-electron chi connectivity index (χ2n) is 9.45. The second-order valence-corrected chi connectivity index (χ2v) is 11.4. The molecule has 220 valence electrons. The summed E-state index contributed by atoms with van der Waals surface area (Å²) in [5.74, 6) is -0.805. The number of sulfonamides is 1. The Morgan fingerprint density at radius 3 is 2.22 bits per heavy atom. The van der Waals surface area contributed by atoms with Crippen LogP contribution in [0.5, 0.6) is 11.5 Å². The van der Waals surface area contributed by atoms with Crippen molar-refractivity contribution in [1.29, 1.82) is 0 Å². The van der Waals surface area contributed by atoms with E-state index >= 15 is 0 Å². The van der Waals surface area contributed by atoms with Crippen molar-refractivity contribution in [3.05, 3.63) is 89.7 Å². The topological polar surface area (TPSA) is 105 Å². The molecule has 0 aliphatic rings. The number of amides is 2. The molecule has 0 aromatic heterocycles. The predicted octanol–water partition coefficient (Wildman–Crippen LogP) is 3.78. The van der Waals surface area contributed by atoms with Gasteiger partial charge in [0.1, 0.15) is 29.9 Å². The number of hydrogen-bond donors (Lipinski definition) is 1. The van der Waals surface area contributed by atoms with Gasteiger partial charge < -0.3 is 19.7 Å². The highest BCUT2D eigenvalue weighted by Crippen LogP contribution is 2.33. The number of rotatable bonds is 14. The summed E-state index contributed by atoms with van der Waals surface area (Å²) in [6.45, 7) is 1.67. The molecule has 3 aromatic carbocycles. The predicted molar refractivity (Wildman–Crippen MR) is 156 cm³/mol. The van der Waals surface area contributed by atoms with E-state index in [0.29, 0.717) is 24.3 Å². The summed E-state index contributed by atoms with van der Waals surface area (Å²) in [4.78, 5) is 28.9. The average Bonchev–Trinajstić information content (AvgIpc) is 2.96. The van der Waals surface area contributed by atoms with Gasteiger partial charge in [-0.25, -0.2) is 12.8 Å². The Bertz CT molecular complexity index is 1420. The van der Waals surface area contributed by atoms with E-state index in [1.807, 2.05) is 37.3 Å². The van der Waals surface area contributed by atoms with Crippen molar-refractivity contribution in [3.63, 3.8) is 0 Å². The summed E-state index contributed by atoms with van der Waals surface area (Å²) in [6, 6.07) is 18.4. The van der Waals surface area contributed by atoms with Crippen molar-refractivity contribution >= 4 is 27.5 Å². The van der Waals surface area contributed by atoms with E-state index in [4.69, 9.17) is 9.47 Å². The highest BCUT2D eigenvalue weighted by molar-refractivity contribution is 7.92. The number of nitrogens with zero attached hydrogens (tertiary/aromatic N) is 2. The van der Waals surface area contributed by atoms with Crippen LogP contribution in [0.15, 0.2) is 72.8 Å². The highest BCUT2D eigenvalue weighted by atomic mass is 32.2.